The van der Waals surface area contributed by atoms with Gasteiger partial charge in [-0.1, -0.05) is 0 Å². The lowest BCUT2D eigenvalue weighted by Gasteiger charge is -2.30. The molecule has 0 aromatic heterocycles. The molecule has 0 aromatic rings. The highest BCUT2D eigenvalue weighted by molar-refractivity contribution is 14.1. The zero-order valence-electron chi connectivity index (χ0n) is 5.68. The molecule has 10 heavy (non-hydrogen) atoms. The van der Waals surface area contributed by atoms with Gasteiger partial charge < -0.3 is 12.9 Å². The van der Waals surface area contributed by atoms with Gasteiger partial charge in [-0.05, 0) is 0 Å². The van der Waals surface area contributed by atoms with Crippen LogP contribution in [-0.4, -0.2) is 30.5 Å². The van der Waals surface area contributed by atoms with Crippen molar-refractivity contribution in [3.63, 3.8) is 0 Å². The molecule has 0 radical (unpaired) electrons. The van der Waals surface area contributed by atoms with Crippen molar-refractivity contribution in [2.75, 3.05) is 19.8 Å². The molecule has 0 saturated carbocycles. The van der Waals surface area contributed by atoms with Crippen LogP contribution in [0.3, 0.4) is 0 Å². The maximum absolute atomic E-state index is 9.66. The Kier molecular flexibility index (Phi) is 3.35. The molecule has 1 saturated heterocycles. The van der Waals surface area contributed by atoms with Gasteiger partial charge in [0.1, 0.15) is 23.0 Å². The van der Waals surface area contributed by atoms with Crippen molar-refractivity contribution in [1.82, 2.24) is 0 Å². The average Bonchev–Trinajstić information content (AvgIpc) is 1.89. The molecule has 1 N–H and O–H groups in total. The Balaban J connectivity index is 2.32. The summed E-state index contributed by atoms with van der Waals surface area (Å²) in [5, 5.41) is 9.66. The summed E-state index contributed by atoms with van der Waals surface area (Å²) >= 11 is 1.80. The first-order valence-electron chi connectivity index (χ1n) is 3.30. The van der Waals surface area contributed by atoms with Gasteiger partial charge in [0, 0.05) is 26.1 Å². The fraction of sp³-hybridized carbons (Fsp3) is 1.00. The van der Waals surface area contributed by atoms with Gasteiger partial charge in [-0.3, -0.25) is 0 Å². The molecule has 1 aliphatic rings. The number of hydrogen-bond acceptors (Lipinski definition) is 3. The zero-order chi connectivity index (χ0) is 7.45. The van der Waals surface area contributed by atoms with Gasteiger partial charge >= 0.3 is 0 Å². The van der Waals surface area contributed by atoms with Crippen LogP contribution in [0.5, 0.6) is 0 Å². The highest BCUT2D eigenvalue weighted by atomic mass is 127. The molecule has 0 spiro atoms. The van der Waals surface area contributed by atoms with Crippen molar-refractivity contribution in [3.05, 3.63) is 0 Å². The standard InChI is InChI=1S/C6H11IO3/c7-10-5-6(8)1-3-9-4-2-6/h8H,1-5H2. The number of rotatable bonds is 2. The summed E-state index contributed by atoms with van der Waals surface area (Å²) in [5.74, 6) is 0. The number of halogens is 1. The Morgan fingerprint density at radius 2 is 2.10 bits per heavy atom. The van der Waals surface area contributed by atoms with E-state index in [1.165, 1.54) is 0 Å². The highest BCUT2D eigenvalue weighted by Crippen LogP contribution is 2.21. The molecule has 0 atom stereocenters. The van der Waals surface area contributed by atoms with Crippen LogP contribution in [0.2, 0.25) is 0 Å². The van der Waals surface area contributed by atoms with E-state index in [0.717, 1.165) is 0 Å². The van der Waals surface area contributed by atoms with Crippen LogP contribution in [-0.2, 0) is 7.80 Å². The van der Waals surface area contributed by atoms with E-state index in [2.05, 4.69) is 0 Å². The molecule has 1 fully saturated rings. The lowest BCUT2D eigenvalue weighted by molar-refractivity contribution is -0.0792. The topological polar surface area (TPSA) is 38.7 Å². The molecule has 3 nitrogen and oxygen atoms in total. The molecule has 0 aliphatic carbocycles. The largest absolute Gasteiger partial charge is 0.387 e. The van der Waals surface area contributed by atoms with Crippen LogP contribution in [0.4, 0.5) is 0 Å². The van der Waals surface area contributed by atoms with Crippen molar-refractivity contribution in [3.8, 4) is 0 Å². The summed E-state index contributed by atoms with van der Waals surface area (Å²) in [7, 11) is 0. The second-order valence-electron chi connectivity index (χ2n) is 2.59. The van der Waals surface area contributed by atoms with E-state index in [-0.39, 0.29) is 0 Å². The number of aliphatic hydroxyl groups is 1. The van der Waals surface area contributed by atoms with Crippen LogP contribution in [0.1, 0.15) is 12.8 Å². The maximum Gasteiger partial charge on any atom is 0.109 e. The third-order valence-corrected chi connectivity index (χ3v) is 2.06. The molecule has 0 bridgehead atoms. The van der Waals surface area contributed by atoms with Gasteiger partial charge in [0.05, 0.1) is 12.2 Å². The predicted molar refractivity (Wildman–Crippen MR) is 45.0 cm³/mol. The van der Waals surface area contributed by atoms with Crippen LogP contribution in [0.25, 0.3) is 0 Å². The Morgan fingerprint density at radius 1 is 1.50 bits per heavy atom. The van der Waals surface area contributed by atoms with Crippen LogP contribution in [0.15, 0.2) is 0 Å². The quantitative estimate of drug-likeness (QED) is 0.748. The van der Waals surface area contributed by atoms with E-state index in [0.29, 0.717) is 32.7 Å². The lowest BCUT2D eigenvalue weighted by atomic mass is 9.96. The molecule has 0 unspecified atom stereocenters. The van der Waals surface area contributed by atoms with Crippen LogP contribution >= 0.6 is 23.0 Å². The first-order valence-corrected chi connectivity index (χ1v) is 4.19. The van der Waals surface area contributed by atoms with Gasteiger partial charge in [0.25, 0.3) is 0 Å². The van der Waals surface area contributed by atoms with Gasteiger partial charge in [-0.2, -0.15) is 0 Å². The first-order chi connectivity index (χ1) is 4.77. The molecular formula is C6H11IO3. The summed E-state index contributed by atoms with van der Waals surface area (Å²) in [6, 6.07) is 0. The molecule has 0 amide bonds. The van der Waals surface area contributed by atoms with Crippen molar-refractivity contribution < 1.29 is 12.9 Å². The molecule has 1 rings (SSSR count). The maximum atomic E-state index is 9.66. The van der Waals surface area contributed by atoms with E-state index in [9.17, 15) is 5.11 Å². The smallest absolute Gasteiger partial charge is 0.109 e. The van der Waals surface area contributed by atoms with E-state index in [1.54, 1.807) is 23.0 Å². The van der Waals surface area contributed by atoms with Crippen molar-refractivity contribution in [2.45, 2.75) is 18.4 Å². The summed E-state index contributed by atoms with van der Waals surface area (Å²) < 4.78 is 9.94. The van der Waals surface area contributed by atoms with Gasteiger partial charge in [-0.25, -0.2) is 0 Å². The van der Waals surface area contributed by atoms with E-state index >= 15 is 0 Å². The summed E-state index contributed by atoms with van der Waals surface area (Å²) in [4.78, 5) is 0. The minimum Gasteiger partial charge on any atom is -0.387 e. The first kappa shape index (κ1) is 8.70. The van der Waals surface area contributed by atoms with E-state index in [1.807, 2.05) is 0 Å². The Bertz CT molecular complexity index is 95.7. The minimum absolute atomic E-state index is 0.414. The van der Waals surface area contributed by atoms with Crippen molar-refractivity contribution in [2.24, 2.45) is 0 Å². The van der Waals surface area contributed by atoms with Crippen LogP contribution in [0, 0.1) is 0 Å². The zero-order valence-corrected chi connectivity index (χ0v) is 7.83. The van der Waals surface area contributed by atoms with Gasteiger partial charge in [-0.15, -0.1) is 0 Å². The average molecular weight is 258 g/mol. The Labute approximate surface area is 74.4 Å². The molecule has 1 heterocycles. The van der Waals surface area contributed by atoms with Crippen molar-refractivity contribution >= 4 is 23.0 Å². The third kappa shape index (κ3) is 2.34. The van der Waals surface area contributed by atoms with Crippen LogP contribution < -0.4 is 0 Å². The second kappa shape index (κ2) is 3.85. The number of ether oxygens (including phenoxy) is 1. The fourth-order valence-electron chi connectivity index (χ4n) is 0.997. The number of hydrogen-bond donors (Lipinski definition) is 1. The van der Waals surface area contributed by atoms with Crippen molar-refractivity contribution in [1.29, 1.82) is 0 Å². The minimum atomic E-state index is -0.626. The van der Waals surface area contributed by atoms with Gasteiger partial charge in [0.15, 0.2) is 0 Å². The third-order valence-electron chi connectivity index (χ3n) is 1.75. The molecule has 0 aromatic carbocycles. The normalized spacial score (nSPS) is 24.6. The van der Waals surface area contributed by atoms with E-state index in [4.69, 9.17) is 7.80 Å². The summed E-state index contributed by atoms with van der Waals surface area (Å²) in [6.07, 6.45) is 1.38. The van der Waals surface area contributed by atoms with Gasteiger partial charge in [0.2, 0.25) is 0 Å². The molecule has 1 aliphatic heterocycles. The SMILES string of the molecule is OC1(COI)CCOCC1. The van der Waals surface area contributed by atoms with E-state index < -0.39 is 5.60 Å². The monoisotopic (exact) mass is 258 g/mol. The second-order valence-corrected chi connectivity index (χ2v) is 3.21. The Morgan fingerprint density at radius 3 is 2.60 bits per heavy atom. The predicted octanol–water partition coefficient (Wildman–Crippen LogP) is 0.895. The fourth-order valence-corrected chi connectivity index (χ4v) is 1.58. The summed E-state index contributed by atoms with van der Waals surface area (Å²) in [6.45, 7) is 1.71. The molecule has 4 heteroatoms. The molecular weight excluding hydrogens is 247 g/mol. The Hall–Kier alpha value is 0.610. The summed E-state index contributed by atoms with van der Waals surface area (Å²) in [5.41, 5.74) is -0.626. The highest BCUT2D eigenvalue weighted by Gasteiger charge is 2.29. The lowest BCUT2D eigenvalue weighted by Crippen LogP contribution is -2.39. The molecule has 60 valence electrons.